The number of amides is 2. The van der Waals surface area contributed by atoms with Gasteiger partial charge in [0.2, 0.25) is 5.91 Å². The molecule has 3 heterocycles. The Kier molecular flexibility index (Phi) is 7.06. The normalized spacial score (nSPS) is 22.4. The van der Waals surface area contributed by atoms with Gasteiger partial charge in [-0.05, 0) is 51.7 Å². The van der Waals surface area contributed by atoms with Gasteiger partial charge < -0.3 is 19.9 Å². The van der Waals surface area contributed by atoms with Gasteiger partial charge in [0.1, 0.15) is 16.8 Å². The molecule has 2 saturated heterocycles. The van der Waals surface area contributed by atoms with Gasteiger partial charge in [0.25, 0.3) is 5.91 Å². The summed E-state index contributed by atoms with van der Waals surface area (Å²) in [4.78, 5) is 34.1. The standard InChI is InChI=1S/C20H32N4O3S/c1-13(2)17(22-18(25)16-6-5-11-27-16)19-21-15(12-28-19)20(26)24(4)14-7-9-23(3)10-8-14/h12-14,16-17H,5-11H2,1-4H3,(H,22,25)/t16-,17+/m1/s1. The molecule has 3 rings (SSSR count). The van der Waals surface area contributed by atoms with Crippen LogP contribution in [-0.4, -0.2) is 72.5 Å². The largest absolute Gasteiger partial charge is 0.368 e. The number of ether oxygens (including phenoxy) is 1. The Morgan fingerprint density at radius 3 is 2.64 bits per heavy atom. The number of rotatable bonds is 6. The van der Waals surface area contributed by atoms with Gasteiger partial charge in [-0.2, -0.15) is 0 Å². The summed E-state index contributed by atoms with van der Waals surface area (Å²) >= 11 is 1.44. The number of likely N-dealkylation sites (tertiary alicyclic amines) is 1. The summed E-state index contributed by atoms with van der Waals surface area (Å²) in [6.45, 7) is 6.76. The highest BCUT2D eigenvalue weighted by Gasteiger charge is 2.30. The lowest BCUT2D eigenvalue weighted by Gasteiger charge is -2.34. The van der Waals surface area contributed by atoms with Gasteiger partial charge >= 0.3 is 0 Å². The number of carbonyl (C=O) groups is 2. The Morgan fingerprint density at radius 1 is 1.32 bits per heavy atom. The minimum Gasteiger partial charge on any atom is -0.368 e. The molecule has 8 heteroatoms. The molecular weight excluding hydrogens is 376 g/mol. The predicted octanol–water partition coefficient (Wildman–Crippen LogP) is 2.30. The molecule has 0 radical (unpaired) electrons. The van der Waals surface area contributed by atoms with Crippen LogP contribution >= 0.6 is 11.3 Å². The van der Waals surface area contributed by atoms with E-state index in [4.69, 9.17) is 4.74 Å². The maximum absolute atomic E-state index is 12.9. The third kappa shape index (κ3) is 4.90. The van der Waals surface area contributed by atoms with Crippen molar-refractivity contribution >= 4 is 23.2 Å². The zero-order valence-electron chi connectivity index (χ0n) is 17.3. The second-order valence-corrected chi connectivity index (χ2v) is 9.14. The van der Waals surface area contributed by atoms with E-state index in [-0.39, 0.29) is 35.9 Å². The lowest BCUT2D eigenvalue weighted by Crippen LogP contribution is -2.44. The Bertz CT molecular complexity index is 679. The number of nitrogens with zero attached hydrogens (tertiary/aromatic N) is 3. The van der Waals surface area contributed by atoms with E-state index in [0.29, 0.717) is 12.3 Å². The Morgan fingerprint density at radius 2 is 2.04 bits per heavy atom. The number of hydrogen-bond acceptors (Lipinski definition) is 6. The van der Waals surface area contributed by atoms with E-state index in [2.05, 4.69) is 22.2 Å². The minimum atomic E-state index is -0.363. The second-order valence-electron chi connectivity index (χ2n) is 8.25. The van der Waals surface area contributed by atoms with E-state index < -0.39 is 0 Å². The van der Waals surface area contributed by atoms with E-state index in [1.165, 1.54) is 11.3 Å². The number of aromatic nitrogens is 1. The predicted molar refractivity (Wildman–Crippen MR) is 109 cm³/mol. The van der Waals surface area contributed by atoms with E-state index in [0.717, 1.165) is 43.8 Å². The Balaban J connectivity index is 1.66. The van der Waals surface area contributed by atoms with Crippen molar-refractivity contribution in [2.24, 2.45) is 5.92 Å². The summed E-state index contributed by atoms with van der Waals surface area (Å²) in [5.74, 6) is 0.0544. The van der Waals surface area contributed by atoms with Crippen LogP contribution in [0.15, 0.2) is 5.38 Å². The smallest absolute Gasteiger partial charge is 0.273 e. The van der Waals surface area contributed by atoms with Crippen LogP contribution in [0.5, 0.6) is 0 Å². The third-order valence-electron chi connectivity index (χ3n) is 5.75. The van der Waals surface area contributed by atoms with Crippen molar-refractivity contribution in [3.63, 3.8) is 0 Å². The zero-order chi connectivity index (χ0) is 20.3. The molecule has 1 N–H and O–H groups in total. The topological polar surface area (TPSA) is 74.8 Å². The van der Waals surface area contributed by atoms with Crippen molar-refractivity contribution in [3.8, 4) is 0 Å². The molecule has 0 spiro atoms. The fourth-order valence-corrected chi connectivity index (χ4v) is 4.82. The van der Waals surface area contributed by atoms with Crippen molar-refractivity contribution in [3.05, 3.63) is 16.1 Å². The zero-order valence-corrected chi connectivity index (χ0v) is 18.1. The van der Waals surface area contributed by atoms with Crippen LogP contribution in [-0.2, 0) is 9.53 Å². The van der Waals surface area contributed by atoms with E-state index in [1.54, 1.807) is 0 Å². The fraction of sp³-hybridized carbons (Fsp3) is 0.750. The molecule has 0 unspecified atom stereocenters. The molecule has 0 aromatic carbocycles. The van der Waals surface area contributed by atoms with Gasteiger partial charge in [-0.1, -0.05) is 13.8 Å². The first-order valence-electron chi connectivity index (χ1n) is 10.2. The van der Waals surface area contributed by atoms with Crippen molar-refractivity contribution < 1.29 is 14.3 Å². The molecule has 2 atom stereocenters. The molecule has 1 aromatic heterocycles. The number of hydrogen-bond donors (Lipinski definition) is 1. The quantitative estimate of drug-likeness (QED) is 0.782. The van der Waals surface area contributed by atoms with Crippen molar-refractivity contribution in [1.29, 1.82) is 0 Å². The minimum absolute atomic E-state index is 0.0370. The summed E-state index contributed by atoms with van der Waals surface area (Å²) in [5.41, 5.74) is 0.471. The van der Waals surface area contributed by atoms with Gasteiger partial charge in [-0.3, -0.25) is 9.59 Å². The Labute approximate surface area is 171 Å². The van der Waals surface area contributed by atoms with Crippen molar-refractivity contribution in [2.45, 2.75) is 57.7 Å². The average molecular weight is 409 g/mol. The number of thiazole rings is 1. The summed E-state index contributed by atoms with van der Waals surface area (Å²) < 4.78 is 5.49. The maximum Gasteiger partial charge on any atom is 0.273 e. The van der Waals surface area contributed by atoms with Gasteiger partial charge in [-0.15, -0.1) is 11.3 Å². The summed E-state index contributed by atoms with van der Waals surface area (Å²) in [6, 6.07) is 0.0471. The van der Waals surface area contributed by atoms with E-state index >= 15 is 0 Å². The van der Waals surface area contributed by atoms with E-state index in [1.807, 2.05) is 31.2 Å². The van der Waals surface area contributed by atoms with Crippen molar-refractivity contribution in [1.82, 2.24) is 20.1 Å². The lowest BCUT2D eigenvalue weighted by molar-refractivity contribution is -0.131. The summed E-state index contributed by atoms with van der Waals surface area (Å²) in [7, 11) is 3.98. The summed E-state index contributed by atoms with van der Waals surface area (Å²) in [6.07, 6.45) is 3.30. The van der Waals surface area contributed by atoms with Gasteiger partial charge in [-0.25, -0.2) is 4.98 Å². The molecule has 2 amide bonds. The van der Waals surface area contributed by atoms with Crippen LogP contribution in [0.4, 0.5) is 0 Å². The third-order valence-corrected chi connectivity index (χ3v) is 6.68. The van der Waals surface area contributed by atoms with E-state index in [9.17, 15) is 9.59 Å². The molecule has 0 aliphatic carbocycles. The molecule has 1 aromatic rings. The molecule has 156 valence electrons. The van der Waals surface area contributed by atoms with Crippen LogP contribution in [0.2, 0.25) is 0 Å². The van der Waals surface area contributed by atoms with Crippen LogP contribution in [0.3, 0.4) is 0 Å². The number of nitrogens with one attached hydrogen (secondary N) is 1. The highest BCUT2D eigenvalue weighted by atomic mass is 32.1. The highest BCUT2D eigenvalue weighted by molar-refractivity contribution is 7.09. The van der Waals surface area contributed by atoms with Gasteiger partial charge in [0.05, 0.1) is 6.04 Å². The van der Waals surface area contributed by atoms with Crippen LogP contribution in [0, 0.1) is 5.92 Å². The Hall–Kier alpha value is -1.51. The highest BCUT2D eigenvalue weighted by Crippen LogP contribution is 2.27. The molecule has 7 nitrogen and oxygen atoms in total. The average Bonchev–Trinajstić information content (AvgIpc) is 3.37. The summed E-state index contributed by atoms with van der Waals surface area (Å²) in [5, 5.41) is 5.67. The fourth-order valence-electron chi connectivity index (χ4n) is 3.80. The number of carbonyl (C=O) groups excluding carboxylic acids is 2. The number of piperidine rings is 1. The van der Waals surface area contributed by atoms with Crippen molar-refractivity contribution in [2.75, 3.05) is 33.8 Å². The van der Waals surface area contributed by atoms with Gasteiger partial charge in [0.15, 0.2) is 0 Å². The van der Waals surface area contributed by atoms with Crippen LogP contribution in [0.1, 0.15) is 61.1 Å². The first kappa shape index (κ1) is 21.2. The SMILES string of the molecule is CC(C)[C@H](NC(=O)[C@H]1CCCO1)c1nc(C(=O)N(C)C2CCN(C)CC2)cs1. The van der Waals surface area contributed by atoms with Crippen LogP contribution < -0.4 is 5.32 Å². The molecule has 0 saturated carbocycles. The first-order chi connectivity index (χ1) is 13.4. The van der Waals surface area contributed by atoms with Gasteiger partial charge in [0, 0.05) is 25.1 Å². The maximum atomic E-state index is 12.9. The van der Waals surface area contributed by atoms with Crippen LogP contribution in [0.25, 0.3) is 0 Å². The molecular formula is C20H32N4O3S. The molecule has 2 aliphatic heterocycles. The lowest BCUT2D eigenvalue weighted by atomic mass is 10.0. The molecule has 2 fully saturated rings. The monoisotopic (exact) mass is 408 g/mol. The molecule has 28 heavy (non-hydrogen) atoms. The first-order valence-corrected chi connectivity index (χ1v) is 11.1. The molecule has 0 bridgehead atoms. The second kappa shape index (κ2) is 9.33. The molecule has 2 aliphatic rings.